The summed E-state index contributed by atoms with van der Waals surface area (Å²) in [5.41, 5.74) is 2.04. The normalized spacial score (nSPS) is 22.6. The minimum absolute atomic E-state index is 0.0586. The molecule has 0 radical (unpaired) electrons. The molecule has 1 heterocycles. The second-order valence-electron chi connectivity index (χ2n) is 5.94. The quantitative estimate of drug-likeness (QED) is 0.919. The molecule has 1 N–H and O–H groups in total. The van der Waals surface area contributed by atoms with Crippen molar-refractivity contribution in [1.29, 1.82) is 0 Å². The zero-order valence-electron chi connectivity index (χ0n) is 12.2. The van der Waals surface area contributed by atoms with E-state index >= 15 is 0 Å². The van der Waals surface area contributed by atoms with Gasteiger partial charge in [0.2, 0.25) is 5.91 Å². The van der Waals surface area contributed by atoms with E-state index < -0.39 is 11.9 Å². The Morgan fingerprint density at radius 2 is 1.95 bits per heavy atom. The maximum absolute atomic E-state index is 12.1. The van der Waals surface area contributed by atoms with Crippen LogP contribution in [-0.4, -0.2) is 28.4 Å². The Morgan fingerprint density at radius 1 is 1.35 bits per heavy atom. The van der Waals surface area contributed by atoms with Gasteiger partial charge in [0.15, 0.2) is 0 Å². The topological polar surface area (TPSA) is 57.6 Å². The molecule has 108 valence electrons. The molecule has 2 unspecified atom stereocenters. The first-order valence-corrected chi connectivity index (χ1v) is 6.99. The van der Waals surface area contributed by atoms with Crippen LogP contribution in [0.25, 0.3) is 0 Å². The number of aryl methyl sites for hydroxylation is 1. The van der Waals surface area contributed by atoms with Crippen molar-refractivity contribution in [2.75, 3.05) is 6.54 Å². The van der Waals surface area contributed by atoms with E-state index in [9.17, 15) is 14.7 Å². The summed E-state index contributed by atoms with van der Waals surface area (Å²) >= 11 is 0. The van der Waals surface area contributed by atoms with Crippen molar-refractivity contribution in [2.24, 2.45) is 11.8 Å². The Kier molecular flexibility index (Phi) is 4.12. The molecule has 4 heteroatoms. The third kappa shape index (κ3) is 2.84. The van der Waals surface area contributed by atoms with Gasteiger partial charge in [0.25, 0.3) is 0 Å². The van der Waals surface area contributed by atoms with Crippen LogP contribution >= 0.6 is 0 Å². The van der Waals surface area contributed by atoms with Crippen molar-refractivity contribution in [2.45, 2.75) is 33.2 Å². The fraction of sp³-hybridized carbons (Fsp3) is 0.500. The molecule has 20 heavy (non-hydrogen) atoms. The number of hydrogen-bond acceptors (Lipinski definition) is 2. The summed E-state index contributed by atoms with van der Waals surface area (Å²) in [7, 11) is 0. The lowest BCUT2D eigenvalue weighted by molar-refractivity contribution is -0.142. The number of hydrogen-bond donors (Lipinski definition) is 1. The summed E-state index contributed by atoms with van der Waals surface area (Å²) in [6, 6.07) is 7.45. The second kappa shape index (κ2) is 5.65. The van der Waals surface area contributed by atoms with Gasteiger partial charge in [0.1, 0.15) is 0 Å². The number of carbonyl (C=O) groups excluding carboxylic acids is 1. The monoisotopic (exact) mass is 275 g/mol. The number of amides is 1. The molecular weight excluding hydrogens is 254 g/mol. The van der Waals surface area contributed by atoms with Gasteiger partial charge in [-0.25, -0.2) is 0 Å². The average molecular weight is 275 g/mol. The molecule has 1 saturated heterocycles. The zero-order valence-corrected chi connectivity index (χ0v) is 12.2. The van der Waals surface area contributed by atoms with Crippen molar-refractivity contribution in [1.82, 2.24) is 4.90 Å². The molecule has 1 amide bonds. The number of likely N-dealkylation sites (tertiary alicyclic amines) is 1. The summed E-state index contributed by atoms with van der Waals surface area (Å²) < 4.78 is 0. The summed E-state index contributed by atoms with van der Waals surface area (Å²) in [5.74, 6) is -1.28. The van der Waals surface area contributed by atoms with Crippen molar-refractivity contribution in [3.05, 3.63) is 35.4 Å². The highest BCUT2D eigenvalue weighted by molar-refractivity contribution is 5.87. The van der Waals surface area contributed by atoms with Crippen LogP contribution in [0, 0.1) is 18.8 Å². The van der Waals surface area contributed by atoms with Crippen molar-refractivity contribution < 1.29 is 14.7 Å². The van der Waals surface area contributed by atoms with Crippen LogP contribution in [0.2, 0.25) is 0 Å². The molecule has 0 saturated carbocycles. The van der Waals surface area contributed by atoms with E-state index in [0.29, 0.717) is 12.5 Å². The van der Waals surface area contributed by atoms with Gasteiger partial charge < -0.3 is 10.0 Å². The predicted octanol–water partition coefficient (Wildman–Crippen LogP) is 2.63. The maximum Gasteiger partial charge on any atom is 0.309 e. The molecule has 2 atom stereocenters. The molecule has 0 aromatic heterocycles. The fourth-order valence-electron chi connectivity index (χ4n) is 2.80. The van der Waals surface area contributed by atoms with Crippen LogP contribution < -0.4 is 0 Å². The minimum atomic E-state index is -0.893. The molecule has 1 aromatic rings. The van der Waals surface area contributed by atoms with Gasteiger partial charge in [-0.3, -0.25) is 9.59 Å². The van der Waals surface area contributed by atoms with E-state index in [1.54, 1.807) is 4.90 Å². The van der Waals surface area contributed by atoms with Crippen LogP contribution in [0.15, 0.2) is 24.3 Å². The number of aliphatic carboxylic acids is 1. The number of rotatable bonds is 4. The minimum Gasteiger partial charge on any atom is -0.481 e. The van der Waals surface area contributed by atoms with Gasteiger partial charge in [0, 0.05) is 13.0 Å². The Hall–Kier alpha value is -1.84. The van der Waals surface area contributed by atoms with E-state index in [-0.39, 0.29) is 18.4 Å². The molecule has 1 fully saturated rings. The van der Waals surface area contributed by atoms with Crippen LogP contribution in [0.5, 0.6) is 0 Å². The number of carbonyl (C=O) groups is 2. The first-order chi connectivity index (χ1) is 9.40. The molecule has 2 rings (SSSR count). The molecule has 1 aliphatic rings. The molecule has 1 aromatic carbocycles. The number of carboxylic acid groups (broad SMARTS) is 1. The van der Waals surface area contributed by atoms with E-state index in [1.807, 2.05) is 45.0 Å². The lowest BCUT2D eigenvalue weighted by Crippen LogP contribution is -2.33. The summed E-state index contributed by atoms with van der Waals surface area (Å²) in [6.45, 7) is 6.66. The number of carboxylic acids is 1. The Morgan fingerprint density at radius 3 is 2.45 bits per heavy atom. The highest BCUT2D eigenvalue weighted by Crippen LogP contribution is 2.38. The molecule has 4 nitrogen and oxygen atoms in total. The molecule has 0 aliphatic carbocycles. The molecular formula is C16H21NO3. The van der Waals surface area contributed by atoms with Crippen molar-refractivity contribution in [3.8, 4) is 0 Å². The highest BCUT2D eigenvalue weighted by Gasteiger charge is 2.44. The molecule has 1 aliphatic heterocycles. The zero-order chi connectivity index (χ0) is 14.9. The Balaban J connectivity index is 2.37. The van der Waals surface area contributed by atoms with Crippen molar-refractivity contribution >= 4 is 11.9 Å². The van der Waals surface area contributed by atoms with Gasteiger partial charge in [-0.2, -0.15) is 0 Å². The van der Waals surface area contributed by atoms with Crippen molar-refractivity contribution in [3.63, 3.8) is 0 Å². The van der Waals surface area contributed by atoms with Crippen LogP contribution in [-0.2, 0) is 9.59 Å². The first-order valence-electron chi connectivity index (χ1n) is 6.99. The van der Waals surface area contributed by atoms with Gasteiger partial charge in [-0.05, 0) is 18.4 Å². The fourth-order valence-corrected chi connectivity index (χ4v) is 2.80. The predicted molar refractivity (Wildman–Crippen MR) is 76.2 cm³/mol. The van der Waals surface area contributed by atoms with E-state index in [0.717, 1.165) is 11.1 Å². The summed E-state index contributed by atoms with van der Waals surface area (Å²) in [5, 5.41) is 9.39. The van der Waals surface area contributed by atoms with Crippen LogP contribution in [0.4, 0.5) is 0 Å². The number of benzene rings is 1. The third-order valence-corrected chi connectivity index (χ3v) is 3.73. The second-order valence-corrected chi connectivity index (χ2v) is 5.94. The molecule has 0 spiro atoms. The van der Waals surface area contributed by atoms with Gasteiger partial charge >= 0.3 is 5.97 Å². The van der Waals surface area contributed by atoms with Gasteiger partial charge in [-0.15, -0.1) is 0 Å². The maximum atomic E-state index is 12.1. The lowest BCUT2D eigenvalue weighted by Gasteiger charge is -2.28. The Bertz CT molecular complexity index is 507. The van der Waals surface area contributed by atoms with Crippen LogP contribution in [0.3, 0.4) is 0 Å². The van der Waals surface area contributed by atoms with E-state index in [4.69, 9.17) is 0 Å². The lowest BCUT2D eigenvalue weighted by atomic mass is 9.93. The highest BCUT2D eigenvalue weighted by atomic mass is 16.4. The SMILES string of the molecule is Cc1ccc(C2C(C(=O)O)CC(=O)N2CC(C)C)cc1. The van der Waals surface area contributed by atoms with E-state index in [2.05, 4.69) is 0 Å². The first kappa shape index (κ1) is 14.6. The molecule has 0 bridgehead atoms. The standard InChI is InChI=1S/C16H21NO3/c1-10(2)9-17-14(18)8-13(16(19)20)15(17)12-6-4-11(3)5-7-12/h4-7,10,13,15H,8-9H2,1-3H3,(H,19,20). The van der Waals surface area contributed by atoms with E-state index in [1.165, 1.54) is 0 Å². The largest absolute Gasteiger partial charge is 0.481 e. The Labute approximate surface area is 119 Å². The van der Waals surface area contributed by atoms with Gasteiger partial charge in [-0.1, -0.05) is 43.7 Å². The third-order valence-electron chi connectivity index (χ3n) is 3.73. The van der Waals surface area contributed by atoms with Gasteiger partial charge in [0.05, 0.1) is 12.0 Å². The summed E-state index contributed by atoms with van der Waals surface area (Å²) in [6.07, 6.45) is 0.0978. The smallest absolute Gasteiger partial charge is 0.309 e. The average Bonchev–Trinajstić information content (AvgIpc) is 2.68. The number of nitrogens with zero attached hydrogens (tertiary/aromatic N) is 1. The summed E-state index contributed by atoms with van der Waals surface area (Å²) in [4.78, 5) is 25.3. The van der Waals surface area contributed by atoms with Crippen LogP contribution in [0.1, 0.15) is 37.4 Å².